The second-order valence-corrected chi connectivity index (χ2v) is 5.74. The molecular formula is C18H18F2N2O2. The Morgan fingerprint density at radius 2 is 1.96 bits per heavy atom. The second-order valence-electron chi connectivity index (χ2n) is 5.74. The summed E-state index contributed by atoms with van der Waals surface area (Å²) in [6, 6.07) is 11.0. The number of benzene rings is 2. The van der Waals surface area contributed by atoms with Crippen LogP contribution in [0.3, 0.4) is 0 Å². The SMILES string of the molecule is NCCOc1ccc(NC(=O)C2CC2c2cccc(F)c2F)cc1. The highest BCUT2D eigenvalue weighted by atomic mass is 19.2. The zero-order valence-corrected chi connectivity index (χ0v) is 13.0. The van der Waals surface area contributed by atoms with E-state index in [1.54, 1.807) is 24.3 Å². The largest absolute Gasteiger partial charge is 0.492 e. The molecule has 2 unspecified atom stereocenters. The van der Waals surface area contributed by atoms with Crippen molar-refractivity contribution in [3.05, 3.63) is 59.7 Å². The smallest absolute Gasteiger partial charge is 0.228 e. The standard InChI is InChI=1S/C18H18F2N2O2/c19-16-3-1-2-13(17(16)20)14-10-15(14)18(23)22-11-4-6-12(7-5-11)24-9-8-21/h1-7,14-15H,8-10,21H2,(H,22,23). The normalized spacial score (nSPS) is 19.0. The van der Waals surface area contributed by atoms with Crippen LogP contribution in [0.1, 0.15) is 17.9 Å². The molecule has 126 valence electrons. The summed E-state index contributed by atoms with van der Waals surface area (Å²) in [5.74, 6) is -1.88. The maximum atomic E-state index is 13.8. The number of nitrogens with two attached hydrogens (primary N) is 1. The third-order valence-corrected chi connectivity index (χ3v) is 4.02. The predicted molar refractivity (Wildman–Crippen MR) is 86.8 cm³/mol. The molecule has 0 radical (unpaired) electrons. The number of amides is 1. The summed E-state index contributed by atoms with van der Waals surface area (Å²) < 4.78 is 32.4. The van der Waals surface area contributed by atoms with E-state index >= 15 is 0 Å². The molecule has 1 aliphatic rings. The van der Waals surface area contributed by atoms with Gasteiger partial charge in [-0.05, 0) is 48.2 Å². The van der Waals surface area contributed by atoms with Gasteiger partial charge in [0.2, 0.25) is 5.91 Å². The van der Waals surface area contributed by atoms with Crippen molar-refractivity contribution in [2.45, 2.75) is 12.3 Å². The topological polar surface area (TPSA) is 64.3 Å². The molecule has 0 bridgehead atoms. The monoisotopic (exact) mass is 332 g/mol. The van der Waals surface area contributed by atoms with Gasteiger partial charge in [-0.25, -0.2) is 8.78 Å². The predicted octanol–water partition coefficient (Wildman–Crippen LogP) is 3.04. The van der Waals surface area contributed by atoms with Gasteiger partial charge in [-0.2, -0.15) is 0 Å². The molecule has 2 atom stereocenters. The molecule has 1 amide bonds. The maximum Gasteiger partial charge on any atom is 0.228 e. The lowest BCUT2D eigenvalue weighted by atomic mass is 10.1. The average Bonchev–Trinajstić information content (AvgIpc) is 3.37. The lowest BCUT2D eigenvalue weighted by molar-refractivity contribution is -0.117. The molecule has 0 heterocycles. The molecule has 24 heavy (non-hydrogen) atoms. The van der Waals surface area contributed by atoms with Crippen molar-refractivity contribution in [2.24, 2.45) is 11.7 Å². The third-order valence-electron chi connectivity index (χ3n) is 4.02. The Morgan fingerprint density at radius 1 is 1.21 bits per heavy atom. The zero-order chi connectivity index (χ0) is 17.1. The highest BCUT2D eigenvalue weighted by molar-refractivity contribution is 5.95. The van der Waals surface area contributed by atoms with Crippen LogP contribution in [0.2, 0.25) is 0 Å². The van der Waals surface area contributed by atoms with Crippen LogP contribution >= 0.6 is 0 Å². The first-order valence-electron chi connectivity index (χ1n) is 7.78. The third kappa shape index (κ3) is 3.54. The minimum Gasteiger partial charge on any atom is -0.492 e. The summed E-state index contributed by atoms with van der Waals surface area (Å²) in [5.41, 5.74) is 6.26. The Morgan fingerprint density at radius 3 is 2.67 bits per heavy atom. The average molecular weight is 332 g/mol. The van der Waals surface area contributed by atoms with Gasteiger partial charge in [0.05, 0.1) is 0 Å². The first-order chi connectivity index (χ1) is 11.6. The summed E-state index contributed by atoms with van der Waals surface area (Å²) in [7, 11) is 0. The van der Waals surface area contributed by atoms with E-state index < -0.39 is 11.6 Å². The number of hydrogen-bond acceptors (Lipinski definition) is 3. The number of carbonyl (C=O) groups is 1. The highest BCUT2D eigenvalue weighted by Gasteiger charge is 2.45. The van der Waals surface area contributed by atoms with Crippen molar-refractivity contribution < 1.29 is 18.3 Å². The van der Waals surface area contributed by atoms with Crippen molar-refractivity contribution in [1.29, 1.82) is 0 Å². The number of anilines is 1. The summed E-state index contributed by atoms with van der Waals surface area (Å²) >= 11 is 0. The minimum atomic E-state index is -0.883. The molecule has 3 N–H and O–H groups in total. The molecule has 0 aliphatic heterocycles. The van der Waals surface area contributed by atoms with Crippen LogP contribution in [0, 0.1) is 17.6 Å². The molecule has 0 spiro atoms. The van der Waals surface area contributed by atoms with Crippen LogP contribution < -0.4 is 15.8 Å². The molecule has 6 heteroatoms. The minimum absolute atomic E-state index is 0.195. The summed E-state index contributed by atoms with van der Waals surface area (Å²) in [6.07, 6.45) is 0.518. The molecule has 2 aromatic carbocycles. The van der Waals surface area contributed by atoms with Crippen LogP contribution in [0.5, 0.6) is 5.75 Å². The molecule has 4 nitrogen and oxygen atoms in total. The van der Waals surface area contributed by atoms with Crippen molar-refractivity contribution in [3.63, 3.8) is 0 Å². The number of carbonyl (C=O) groups excluding carboxylic acids is 1. The van der Waals surface area contributed by atoms with Gasteiger partial charge in [-0.3, -0.25) is 4.79 Å². The Balaban J connectivity index is 1.59. The fourth-order valence-corrected chi connectivity index (χ4v) is 2.68. The number of hydrogen-bond donors (Lipinski definition) is 2. The van der Waals surface area contributed by atoms with Crippen LogP contribution in [0.25, 0.3) is 0 Å². The Hall–Kier alpha value is -2.47. The summed E-state index contributed by atoms with van der Waals surface area (Å²) in [5, 5.41) is 2.79. The van der Waals surface area contributed by atoms with Crippen molar-refractivity contribution in [3.8, 4) is 5.75 Å². The fourth-order valence-electron chi connectivity index (χ4n) is 2.68. The molecule has 2 aromatic rings. The quantitative estimate of drug-likeness (QED) is 0.854. The molecular weight excluding hydrogens is 314 g/mol. The first kappa shape index (κ1) is 16.4. The van der Waals surface area contributed by atoms with Gasteiger partial charge in [0.15, 0.2) is 11.6 Å². The van der Waals surface area contributed by atoms with Crippen molar-refractivity contribution in [2.75, 3.05) is 18.5 Å². The van der Waals surface area contributed by atoms with E-state index in [9.17, 15) is 13.6 Å². The van der Waals surface area contributed by atoms with E-state index in [0.717, 1.165) is 6.07 Å². The summed E-state index contributed by atoms with van der Waals surface area (Å²) in [4.78, 5) is 12.2. The fraction of sp³-hybridized carbons (Fsp3) is 0.278. The number of ether oxygens (including phenoxy) is 1. The van der Waals surface area contributed by atoms with Crippen LogP contribution in [0.15, 0.2) is 42.5 Å². The Bertz CT molecular complexity index is 734. The van der Waals surface area contributed by atoms with Gasteiger partial charge in [0.25, 0.3) is 0 Å². The van der Waals surface area contributed by atoms with E-state index in [1.807, 2.05) is 0 Å². The lowest BCUT2D eigenvalue weighted by Gasteiger charge is -2.08. The van der Waals surface area contributed by atoms with E-state index in [-0.39, 0.29) is 23.3 Å². The number of nitrogens with one attached hydrogen (secondary N) is 1. The van der Waals surface area contributed by atoms with Gasteiger partial charge >= 0.3 is 0 Å². The van der Waals surface area contributed by atoms with E-state index in [2.05, 4.69) is 5.32 Å². The molecule has 0 aromatic heterocycles. The van der Waals surface area contributed by atoms with Crippen molar-refractivity contribution in [1.82, 2.24) is 0 Å². The van der Waals surface area contributed by atoms with Crippen molar-refractivity contribution >= 4 is 11.6 Å². The van der Waals surface area contributed by atoms with E-state index in [4.69, 9.17) is 10.5 Å². The van der Waals surface area contributed by atoms with Gasteiger partial charge in [-0.15, -0.1) is 0 Å². The van der Waals surface area contributed by atoms with E-state index in [0.29, 0.717) is 31.0 Å². The molecule has 1 fully saturated rings. The van der Waals surface area contributed by atoms with Gasteiger partial charge in [0, 0.05) is 18.2 Å². The van der Waals surface area contributed by atoms with Crippen LogP contribution in [-0.4, -0.2) is 19.1 Å². The molecule has 0 saturated heterocycles. The molecule has 3 rings (SSSR count). The summed E-state index contributed by atoms with van der Waals surface area (Å²) in [6.45, 7) is 0.854. The van der Waals surface area contributed by atoms with Gasteiger partial charge in [-0.1, -0.05) is 12.1 Å². The van der Waals surface area contributed by atoms with E-state index in [1.165, 1.54) is 12.1 Å². The molecule has 1 aliphatic carbocycles. The molecule has 1 saturated carbocycles. The number of halogens is 2. The van der Waals surface area contributed by atoms with Gasteiger partial charge in [0.1, 0.15) is 12.4 Å². The van der Waals surface area contributed by atoms with Crippen LogP contribution in [0.4, 0.5) is 14.5 Å². The van der Waals surface area contributed by atoms with Gasteiger partial charge < -0.3 is 15.8 Å². The Kier molecular flexibility index (Phi) is 4.76. The second kappa shape index (κ2) is 6.97. The lowest BCUT2D eigenvalue weighted by Crippen LogP contribution is -2.15. The Labute approximate surface area is 138 Å². The highest BCUT2D eigenvalue weighted by Crippen LogP contribution is 2.49. The first-order valence-corrected chi connectivity index (χ1v) is 7.78. The zero-order valence-electron chi connectivity index (χ0n) is 13.0. The maximum absolute atomic E-state index is 13.8. The van der Waals surface area contributed by atoms with Crippen LogP contribution in [-0.2, 0) is 4.79 Å². The number of rotatable bonds is 6.